The molecule has 0 amide bonds. The number of nitrogens with zero attached hydrogens (tertiary/aromatic N) is 2. The first-order chi connectivity index (χ1) is 12.3. The molecule has 0 spiro atoms. The van der Waals surface area contributed by atoms with Gasteiger partial charge < -0.3 is 0 Å². The first-order valence-electron chi connectivity index (χ1n) is 9.24. The third-order valence-electron chi connectivity index (χ3n) is 4.70. The lowest BCUT2D eigenvalue weighted by molar-refractivity contribution is 0.558. The van der Waals surface area contributed by atoms with Crippen molar-refractivity contribution in [3.8, 4) is 12.1 Å². The summed E-state index contributed by atoms with van der Waals surface area (Å²) in [6, 6.07) is 25.0. The minimum Gasteiger partial charge on any atom is -0.198 e. The molecule has 0 N–H and O–H groups in total. The molecule has 0 fully saturated rings. The molecule has 0 saturated heterocycles. The van der Waals surface area contributed by atoms with Crippen molar-refractivity contribution in [2.24, 2.45) is 0 Å². The Kier molecular flexibility index (Phi) is 8.30. The van der Waals surface area contributed by atoms with Crippen LogP contribution in [0.3, 0.4) is 0 Å². The van der Waals surface area contributed by atoms with Crippen LogP contribution in [0.2, 0.25) is 0 Å². The smallest absolute Gasteiger partial charge is 0.0712 e. The van der Waals surface area contributed by atoms with Crippen molar-refractivity contribution in [2.45, 2.75) is 56.8 Å². The fourth-order valence-corrected chi connectivity index (χ4v) is 3.21. The zero-order valence-corrected chi connectivity index (χ0v) is 14.8. The minimum atomic E-state index is 0.0160. The highest BCUT2D eigenvalue weighted by Crippen LogP contribution is 2.24. The average molecular weight is 330 g/mol. The summed E-state index contributed by atoms with van der Waals surface area (Å²) in [4.78, 5) is 0. The molecule has 2 aromatic carbocycles. The minimum absolute atomic E-state index is 0.0160. The van der Waals surface area contributed by atoms with Crippen LogP contribution in [0.1, 0.15) is 67.9 Å². The predicted molar refractivity (Wildman–Crippen MR) is 102 cm³/mol. The van der Waals surface area contributed by atoms with Crippen LogP contribution in [-0.4, -0.2) is 0 Å². The van der Waals surface area contributed by atoms with E-state index in [0.717, 1.165) is 49.7 Å². The summed E-state index contributed by atoms with van der Waals surface area (Å²) in [6.45, 7) is 0. The molecule has 2 nitrogen and oxygen atoms in total. The molecule has 0 heterocycles. The summed E-state index contributed by atoms with van der Waals surface area (Å²) in [5, 5.41) is 18.7. The van der Waals surface area contributed by atoms with E-state index in [2.05, 4.69) is 12.1 Å². The summed E-state index contributed by atoms with van der Waals surface area (Å²) < 4.78 is 0. The van der Waals surface area contributed by atoms with Crippen molar-refractivity contribution in [3.63, 3.8) is 0 Å². The predicted octanol–water partition coefficient (Wildman–Crippen LogP) is 6.33. The number of rotatable bonds is 10. The van der Waals surface area contributed by atoms with Crippen molar-refractivity contribution < 1.29 is 0 Å². The van der Waals surface area contributed by atoms with Crippen LogP contribution in [0, 0.1) is 22.7 Å². The molecule has 2 atom stereocenters. The van der Waals surface area contributed by atoms with Gasteiger partial charge >= 0.3 is 0 Å². The number of unbranched alkanes of at least 4 members (excludes halogenated alkanes) is 4. The molecule has 2 heteroatoms. The molecule has 25 heavy (non-hydrogen) atoms. The zero-order chi connectivity index (χ0) is 17.7. The van der Waals surface area contributed by atoms with E-state index in [0.29, 0.717) is 0 Å². The highest BCUT2D eigenvalue weighted by molar-refractivity contribution is 5.25. The molecule has 2 rings (SSSR count). The lowest BCUT2D eigenvalue weighted by Gasteiger charge is -2.10. The summed E-state index contributed by atoms with van der Waals surface area (Å²) in [7, 11) is 0. The van der Waals surface area contributed by atoms with Crippen LogP contribution in [0.15, 0.2) is 60.7 Å². The van der Waals surface area contributed by atoms with Gasteiger partial charge in [-0.3, -0.25) is 0 Å². The maximum Gasteiger partial charge on any atom is 0.0712 e. The Balaban J connectivity index is 1.60. The molecule has 128 valence electrons. The molecule has 0 radical (unpaired) electrons. The Morgan fingerprint density at radius 1 is 0.560 bits per heavy atom. The Labute approximate surface area is 151 Å². The second-order valence-corrected chi connectivity index (χ2v) is 6.53. The molecular formula is C23H26N2. The number of benzene rings is 2. The first kappa shape index (κ1) is 18.8. The molecular weight excluding hydrogens is 304 g/mol. The largest absolute Gasteiger partial charge is 0.198 e. The van der Waals surface area contributed by atoms with Gasteiger partial charge in [-0.2, -0.15) is 10.5 Å². The second-order valence-electron chi connectivity index (χ2n) is 6.53. The fraction of sp³-hybridized carbons (Fsp3) is 0.391. The van der Waals surface area contributed by atoms with Gasteiger partial charge in [0, 0.05) is 0 Å². The van der Waals surface area contributed by atoms with Crippen LogP contribution in [-0.2, 0) is 0 Å². The summed E-state index contributed by atoms with van der Waals surface area (Å²) >= 11 is 0. The topological polar surface area (TPSA) is 47.6 Å². The van der Waals surface area contributed by atoms with Crippen LogP contribution in [0.5, 0.6) is 0 Å². The van der Waals surface area contributed by atoms with E-state index in [1.165, 1.54) is 6.42 Å². The Morgan fingerprint density at radius 3 is 1.28 bits per heavy atom. The molecule has 0 bridgehead atoms. The lowest BCUT2D eigenvalue weighted by Crippen LogP contribution is -1.96. The molecule has 0 aliphatic rings. The van der Waals surface area contributed by atoms with E-state index in [4.69, 9.17) is 0 Å². The Hall–Kier alpha value is -2.58. The van der Waals surface area contributed by atoms with E-state index in [1.807, 2.05) is 60.7 Å². The Bertz CT molecular complexity index is 618. The number of hydrogen-bond acceptors (Lipinski definition) is 2. The highest BCUT2D eigenvalue weighted by Gasteiger charge is 2.10. The van der Waals surface area contributed by atoms with Crippen LogP contribution >= 0.6 is 0 Å². The van der Waals surface area contributed by atoms with Crippen molar-refractivity contribution >= 4 is 0 Å². The standard InChI is InChI=1S/C23H26N2/c24-18-22(20-12-8-4-9-13-20)16-6-2-1-3-7-17-23(19-25)21-14-10-5-11-15-21/h4-5,8-15,22-23H,1-3,6-7,16-17H2. The van der Waals surface area contributed by atoms with E-state index in [-0.39, 0.29) is 11.8 Å². The molecule has 0 aliphatic carbocycles. The number of hydrogen-bond donors (Lipinski definition) is 0. The van der Waals surface area contributed by atoms with Crippen molar-refractivity contribution in [2.75, 3.05) is 0 Å². The van der Waals surface area contributed by atoms with E-state index < -0.39 is 0 Å². The highest BCUT2D eigenvalue weighted by atomic mass is 14.3. The summed E-state index contributed by atoms with van der Waals surface area (Å²) in [5.74, 6) is 0.0319. The van der Waals surface area contributed by atoms with Gasteiger partial charge in [0.1, 0.15) is 0 Å². The van der Waals surface area contributed by atoms with Crippen LogP contribution in [0.25, 0.3) is 0 Å². The zero-order valence-electron chi connectivity index (χ0n) is 14.8. The SMILES string of the molecule is N#CC(CCCCCCCC(C#N)c1ccccc1)c1ccccc1. The van der Waals surface area contributed by atoms with Gasteiger partial charge in [-0.25, -0.2) is 0 Å². The first-order valence-corrected chi connectivity index (χ1v) is 9.24. The van der Waals surface area contributed by atoms with Gasteiger partial charge in [0.05, 0.1) is 24.0 Å². The fourth-order valence-electron chi connectivity index (χ4n) is 3.21. The molecule has 0 aromatic heterocycles. The molecule has 0 aliphatic heterocycles. The summed E-state index contributed by atoms with van der Waals surface area (Å²) in [5.41, 5.74) is 2.26. The van der Waals surface area contributed by atoms with Crippen molar-refractivity contribution in [1.29, 1.82) is 10.5 Å². The maximum absolute atomic E-state index is 9.34. The molecule has 0 saturated carbocycles. The third-order valence-corrected chi connectivity index (χ3v) is 4.70. The second kappa shape index (κ2) is 11.1. The van der Waals surface area contributed by atoms with Crippen molar-refractivity contribution in [3.05, 3.63) is 71.8 Å². The van der Waals surface area contributed by atoms with Gasteiger partial charge in [0.25, 0.3) is 0 Å². The lowest BCUT2D eigenvalue weighted by atomic mass is 9.93. The van der Waals surface area contributed by atoms with E-state index in [1.54, 1.807) is 0 Å². The van der Waals surface area contributed by atoms with Gasteiger partial charge in [-0.1, -0.05) is 92.8 Å². The van der Waals surface area contributed by atoms with Crippen LogP contribution < -0.4 is 0 Å². The monoisotopic (exact) mass is 330 g/mol. The molecule has 2 unspecified atom stereocenters. The van der Waals surface area contributed by atoms with Gasteiger partial charge in [0.2, 0.25) is 0 Å². The van der Waals surface area contributed by atoms with Gasteiger partial charge in [-0.05, 0) is 24.0 Å². The van der Waals surface area contributed by atoms with Gasteiger partial charge in [0.15, 0.2) is 0 Å². The quantitative estimate of drug-likeness (QED) is 0.478. The van der Waals surface area contributed by atoms with Crippen LogP contribution in [0.4, 0.5) is 0 Å². The molecule has 2 aromatic rings. The third kappa shape index (κ3) is 6.44. The Morgan fingerprint density at radius 2 is 0.920 bits per heavy atom. The normalized spacial score (nSPS) is 12.7. The van der Waals surface area contributed by atoms with E-state index >= 15 is 0 Å². The number of nitriles is 2. The maximum atomic E-state index is 9.34. The van der Waals surface area contributed by atoms with Gasteiger partial charge in [-0.15, -0.1) is 0 Å². The summed E-state index contributed by atoms with van der Waals surface area (Å²) in [6.07, 6.45) is 7.55. The average Bonchev–Trinajstić information content (AvgIpc) is 2.68. The van der Waals surface area contributed by atoms with E-state index in [9.17, 15) is 10.5 Å². The van der Waals surface area contributed by atoms with Crippen molar-refractivity contribution in [1.82, 2.24) is 0 Å².